The molecule has 2 heterocycles. The van der Waals surface area contributed by atoms with E-state index in [0.29, 0.717) is 43.9 Å². The summed E-state index contributed by atoms with van der Waals surface area (Å²) < 4.78 is 11.2. The lowest BCUT2D eigenvalue weighted by Gasteiger charge is -2.36. The van der Waals surface area contributed by atoms with E-state index in [1.807, 2.05) is 62.4 Å². The van der Waals surface area contributed by atoms with E-state index in [2.05, 4.69) is 10.2 Å². The van der Waals surface area contributed by atoms with Crippen molar-refractivity contribution in [3.05, 3.63) is 54.3 Å². The first-order chi connectivity index (χ1) is 15.5. The quantitative estimate of drug-likeness (QED) is 0.622. The Balaban J connectivity index is 1.52. The Morgan fingerprint density at radius 3 is 2.53 bits per heavy atom. The lowest BCUT2D eigenvalue weighted by atomic mass is 10.1. The number of hydrogen-bond donors (Lipinski definition) is 1. The number of nitrogens with zero attached hydrogens (tertiary/aromatic N) is 2. The highest BCUT2D eigenvalue weighted by atomic mass is 16.5. The van der Waals surface area contributed by atoms with Crippen LogP contribution in [-0.2, 0) is 4.79 Å². The highest BCUT2D eigenvalue weighted by molar-refractivity contribution is 6.10. The number of methoxy groups -OCH3 is 1. The standard InChI is InChI=1S/C25H29N3O4/c1-17(2)15-22(29)26-23-20-9-4-5-10-21(20)32-24(23)25(30)28-13-11-27(12-14-28)18-7-6-8-19(16-18)31-3/h4-10,16-17H,11-15H2,1-3H3,(H,26,29). The Kier molecular flexibility index (Phi) is 6.35. The molecule has 0 atom stereocenters. The number of carbonyl (C=O) groups is 2. The molecule has 1 aromatic heterocycles. The Morgan fingerprint density at radius 2 is 1.81 bits per heavy atom. The first-order valence-corrected chi connectivity index (χ1v) is 11.0. The summed E-state index contributed by atoms with van der Waals surface area (Å²) >= 11 is 0. The fourth-order valence-corrected chi connectivity index (χ4v) is 4.00. The zero-order valence-electron chi connectivity index (χ0n) is 18.8. The highest BCUT2D eigenvalue weighted by Crippen LogP contribution is 2.32. The molecule has 0 unspecified atom stereocenters. The number of piperazine rings is 1. The zero-order valence-corrected chi connectivity index (χ0v) is 18.8. The van der Waals surface area contributed by atoms with Gasteiger partial charge in [-0.25, -0.2) is 0 Å². The third-order valence-corrected chi connectivity index (χ3v) is 5.63. The minimum Gasteiger partial charge on any atom is -0.497 e. The lowest BCUT2D eigenvalue weighted by Crippen LogP contribution is -2.48. The van der Waals surface area contributed by atoms with Gasteiger partial charge in [0.1, 0.15) is 17.0 Å². The van der Waals surface area contributed by atoms with Gasteiger partial charge in [-0.05, 0) is 30.2 Å². The molecule has 1 saturated heterocycles. The number of furan rings is 1. The van der Waals surface area contributed by atoms with Crippen LogP contribution in [0.4, 0.5) is 11.4 Å². The average molecular weight is 436 g/mol. The van der Waals surface area contributed by atoms with E-state index in [-0.39, 0.29) is 23.5 Å². The molecular weight excluding hydrogens is 406 g/mol. The van der Waals surface area contributed by atoms with Crippen LogP contribution in [0.1, 0.15) is 30.8 Å². The van der Waals surface area contributed by atoms with Crippen LogP contribution in [0.2, 0.25) is 0 Å². The van der Waals surface area contributed by atoms with Crippen molar-refractivity contribution >= 4 is 34.2 Å². The summed E-state index contributed by atoms with van der Waals surface area (Å²) in [6.45, 7) is 6.50. The molecule has 7 nitrogen and oxygen atoms in total. The number of hydrogen-bond acceptors (Lipinski definition) is 5. The van der Waals surface area contributed by atoms with E-state index in [0.717, 1.165) is 16.8 Å². The van der Waals surface area contributed by atoms with Crippen molar-refractivity contribution in [2.75, 3.05) is 43.5 Å². The number of nitrogens with one attached hydrogen (secondary N) is 1. The van der Waals surface area contributed by atoms with Crippen molar-refractivity contribution in [1.82, 2.24) is 4.90 Å². The van der Waals surface area contributed by atoms with Crippen LogP contribution < -0.4 is 15.0 Å². The minimum atomic E-state index is -0.202. The lowest BCUT2D eigenvalue weighted by molar-refractivity contribution is -0.116. The van der Waals surface area contributed by atoms with Crippen LogP contribution in [0.15, 0.2) is 52.9 Å². The largest absolute Gasteiger partial charge is 0.497 e. The maximum absolute atomic E-state index is 13.4. The Morgan fingerprint density at radius 1 is 1.06 bits per heavy atom. The molecule has 2 amide bonds. The van der Waals surface area contributed by atoms with Crippen molar-refractivity contribution in [3.63, 3.8) is 0 Å². The third-order valence-electron chi connectivity index (χ3n) is 5.63. The molecule has 2 aromatic carbocycles. The Bertz CT molecular complexity index is 1110. The predicted octanol–water partition coefficient (Wildman–Crippen LogP) is 4.39. The van der Waals surface area contributed by atoms with Gasteiger partial charge in [-0.1, -0.05) is 32.0 Å². The maximum atomic E-state index is 13.4. The second-order valence-electron chi connectivity index (χ2n) is 8.43. The van der Waals surface area contributed by atoms with Crippen LogP contribution in [0.25, 0.3) is 11.0 Å². The van der Waals surface area contributed by atoms with Crippen LogP contribution >= 0.6 is 0 Å². The second-order valence-corrected chi connectivity index (χ2v) is 8.43. The maximum Gasteiger partial charge on any atom is 0.291 e. The number of carbonyl (C=O) groups excluding carboxylic acids is 2. The summed E-state index contributed by atoms with van der Waals surface area (Å²) in [7, 11) is 1.65. The SMILES string of the molecule is COc1cccc(N2CCN(C(=O)c3oc4ccccc4c3NC(=O)CC(C)C)CC2)c1. The molecule has 0 spiro atoms. The first-order valence-electron chi connectivity index (χ1n) is 11.0. The number of ether oxygens (including phenoxy) is 1. The molecule has 0 aliphatic carbocycles. The van der Waals surface area contributed by atoms with Crippen molar-refractivity contribution < 1.29 is 18.7 Å². The van der Waals surface area contributed by atoms with E-state index >= 15 is 0 Å². The van der Waals surface area contributed by atoms with Gasteiger partial charge in [0, 0.05) is 49.7 Å². The highest BCUT2D eigenvalue weighted by Gasteiger charge is 2.29. The molecule has 1 aliphatic heterocycles. The van der Waals surface area contributed by atoms with Crippen LogP contribution in [0.3, 0.4) is 0 Å². The summed E-state index contributed by atoms with van der Waals surface area (Å²) in [5.41, 5.74) is 2.12. The monoisotopic (exact) mass is 435 g/mol. The van der Waals surface area contributed by atoms with Crippen molar-refractivity contribution in [2.24, 2.45) is 5.92 Å². The van der Waals surface area contributed by atoms with Gasteiger partial charge in [-0.15, -0.1) is 0 Å². The number of amides is 2. The smallest absolute Gasteiger partial charge is 0.291 e. The van der Waals surface area contributed by atoms with Gasteiger partial charge in [0.2, 0.25) is 11.7 Å². The van der Waals surface area contributed by atoms with Gasteiger partial charge in [0.05, 0.1) is 7.11 Å². The van der Waals surface area contributed by atoms with Crippen LogP contribution in [0, 0.1) is 5.92 Å². The van der Waals surface area contributed by atoms with Gasteiger partial charge < -0.3 is 24.3 Å². The normalized spacial score (nSPS) is 14.1. The van der Waals surface area contributed by atoms with Crippen molar-refractivity contribution in [2.45, 2.75) is 20.3 Å². The number of fused-ring (bicyclic) bond motifs is 1. The van der Waals surface area contributed by atoms with Crippen molar-refractivity contribution in [3.8, 4) is 5.75 Å². The molecule has 168 valence electrons. The Labute approximate surface area is 187 Å². The fraction of sp³-hybridized carbons (Fsp3) is 0.360. The molecule has 1 aliphatic rings. The van der Waals surface area contributed by atoms with Crippen molar-refractivity contribution in [1.29, 1.82) is 0 Å². The second kappa shape index (κ2) is 9.34. The third kappa shape index (κ3) is 4.56. The number of anilines is 2. The van der Waals surface area contributed by atoms with E-state index in [4.69, 9.17) is 9.15 Å². The number of rotatable bonds is 6. The summed E-state index contributed by atoms with van der Waals surface area (Å²) in [6, 6.07) is 15.3. The molecule has 0 bridgehead atoms. The van der Waals surface area contributed by atoms with E-state index < -0.39 is 0 Å². The summed E-state index contributed by atoms with van der Waals surface area (Å²) in [6.07, 6.45) is 0.381. The molecule has 4 rings (SSSR count). The Hall–Kier alpha value is -3.48. The average Bonchev–Trinajstić information content (AvgIpc) is 3.16. The molecule has 1 N–H and O–H groups in total. The van der Waals surface area contributed by atoms with Crippen LogP contribution in [0.5, 0.6) is 5.75 Å². The van der Waals surface area contributed by atoms with Crippen LogP contribution in [-0.4, -0.2) is 50.0 Å². The van der Waals surface area contributed by atoms with E-state index in [9.17, 15) is 9.59 Å². The zero-order chi connectivity index (χ0) is 22.7. The predicted molar refractivity (Wildman–Crippen MR) is 125 cm³/mol. The van der Waals surface area contributed by atoms with Gasteiger partial charge in [0.25, 0.3) is 5.91 Å². The first kappa shape index (κ1) is 21.7. The summed E-state index contributed by atoms with van der Waals surface area (Å²) in [5.74, 6) is 0.898. The fourth-order valence-electron chi connectivity index (χ4n) is 4.00. The van der Waals surface area contributed by atoms with Gasteiger partial charge in [-0.2, -0.15) is 0 Å². The molecule has 7 heteroatoms. The van der Waals surface area contributed by atoms with E-state index in [1.54, 1.807) is 12.0 Å². The number of para-hydroxylation sites is 1. The molecular formula is C25H29N3O4. The summed E-state index contributed by atoms with van der Waals surface area (Å²) in [5, 5.41) is 3.67. The topological polar surface area (TPSA) is 75.0 Å². The molecule has 0 radical (unpaired) electrons. The number of benzene rings is 2. The molecule has 32 heavy (non-hydrogen) atoms. The molecule has 3 aromatic rings. The summed E-state index contributed by atoms with van der Waals surface area (Å²) in [4.78, 5) is 29.9. The van der Waals surface area contributed by atoms with Gasteiger partial charge in [-0.3, -0.25) is 9.59 Å². The molecule has 0 saturated carbocycles. The van der Waals surface area contributed by atoms with Gasteiger partial charge in [0.15, 0.2) is 0 Å². The molecule has 1 fully saturated rings. The van der Waals surface area contributed by atoms with Gasteiger partial charge >= 0.3 is 0 Å². The van der Waals surface area contributed by atoms with E-state index in [1.165, 1.54) is 0 Å². The minimum absolute atomic E-state index is 0.122.